The minimum absolute atomic E-state index is 0.0341. The summed E-state index contributed by atoms with van der Waals surface area (Å²) < 4.78 is 23.2. The van der Waals surface area contributed by atoms with E-state index in [-0.39, 0.29) is 17.5 Å². The van der Waals surface area contributed by atoms with E-state index in [0.717, 1.165) is 19.6 Å². The molecule has 2 atom stereocenters. The third kappa shape index (κ3) is 4.49. The lowest BCUT2D eigenvalue weighted by atomic mass is 10.2. The highest BCUT2D eigenvalue weighted by molar-refractivity contribution is 7.91. The summed E-state index contributed by atoms with van der Waals surface area (Å²) in [5.41, 5.74) is 0. The quantitative estimate of drug-likeness (QED) is 0.603. The van der Waals surface area contributed by atoms with Crippen LogP contribution in [0.5, 0.6) is 0 Å². The number of hydrogen-bond donors (Lipinski definition) is 2. The van der Waals surface area contributed by atoms with Crippen LogP contribution < -0.4 is 10.6 Å². The van der Waals surface area contributed by atoms with Crippen molar-refractivity contribution in [2.45, 2.75) is 31.3 Å². The monoisotopic (exact) mass is 370 g/mol. The van der Waals surface area contributed by atoms with E-state index < -0.39 is 9.84 Å². The molecule has 0 bridgehead atoms. The van der Waals surface area contributed by atoms with Crippen LogP contribution in [0.25, 0.3) is 0 Å². The molecule has 1 aromatic rings. The molecule has 3 rings (SSSR count). The molecule has 2 aliphatic rings. The third-order valence-electron chi connectivity index (χ3n) is 4.71. The SMILES string of the molecule is CN=C(NCC(c1cccs1)N1CCCC1)NC1CCS(=O)(=O)C1. The van der Waals surface area contributed by atoms with Gasteiger partial charge in [-0.05, 0) is 43.8 Å². The van der Waals surface area contributed by atoms with E-state index >= 15 is 0 Å². The molecule has 2 aliphatic heterocycles. The van der Waals surface area contributed by atoms with Crippen molar-refractivity contribution in [1.29, 1.82) is 0 Å². The van der Waals surface area contributed by atoms with Gasteiger partial charge in [-0.15, -0.1) is 11.3 Å². The molecule has 0 saturated carbocycles. The van der Waals surface area contributed by atoms with E-state index in [2.05, 4.69) is 38.0 Å². The van der Waals surface area contributed by atoms with E-state index in [1.54, 1.807) is 18.4 Å². The Bertz CT molecular complexity index is 652. The van der Waals surface area contributed by atoms with Gasteiger partial charge < -0.3 is 10.6 Å². The Labute approximate surface area is 148 Å². The van der Waals surface area contributed by atoms with Crippen LogP contribution in [0.15, 0.2) is 22.5 Å². The van der Waals surface area contributed by atoms with Crippen LogP contribution in [-0.4, -0.2) is 63.5 Å². The second-order valence-corrected chi connectivity index (χ2v) is 9.68. The summed E-state index contributed by atoms with van der Waals surface area (Å²) in [6.07, 6.45) is 3.17. The fourth-order valence-corrected chi connectivity index (χ4v) is 5.97. The lowest BCUT2D eigenvalue weighted by Gasteiger charge is -2.28. The van der Waals surface area contributed by atoms with Crippen LogP contribution in [-0.2, 0) is 9.84 Å². The highest BCUT2D eigenvalue weighted by Crippen LogP contribution is 2.27. The number of likely N-dealkylation sites (tertiary alicyclic amines) is 1. The second kappa shape index (κ2) is 7.84. The number of nitrogens with one attached hydrogen (secondary N) is 2. The molecule has 2 saturated heterocycles. The van der Waals surface area contributed by atoms with Crippen molar-refractivity contribution in [3.63, 3.8) is 0 Å². The maximum atomic E-state index is 11.6. The molecule has 3 heterocycles. The maximum absolute atomic E-state index is 11.6. The Morgan fingerprint density at radius 1 is 1.46 bits per heavy atom. The molecular formula is C16H26N4O2S2. The summed E-state index contributed by atoms with van der Waals surface area (Å²) in [7, 11) is -1.15. The van der Waals surface area contributed by atoms with Gasteiger partial charge in [0.05, 0.1) is 17.5 Å². The summed E-state index contributed by atoms with van der Waals surface area (Å²) in [4.78, 5) is 8.15. The van der Waals surface area contributed by atoms with Gasteiger partial charge in [0.15, 0.2) is 15.8 Å². The van der Waals surface area contributed by atoms with Crippen LogP contribution in [0.3, 0.4) is 0 Å². The first-order valence-corrected chi connectivity index (χ1v) is 11.2. The predicted molar refractivity (Wildman–Crippen MR) is 99.4 cm³/mol. The molecule has 1 aromatic heterocycles. The van der Waals surface area contributed by atoms with Gasteiger partial charge >= 0.3 is 0 Å². The largest absolute Gasteiger partial charge is 0.354 e. The van der Waals surface area contributed by atoms with E-state index in [1.165, 1.54) is 17.7 Å². The Morgan fingerprint density at radius 2 is 2.25 bits per heavy atom. The molecule has 6 nitrogen and oxygen atoms in total. The van der Waals surface area contributed by atoms with Crippen molar-refractivity contribution in [1.82, 2.24) is 15.5 Å². The second-order valence-electron chi connectivity index (χ2n) is 6.47. The zero-order valence-corrected chi connectivity index (χ0v) is 15.7. The van der Waals surface area contributed by atoms with Gasteiger partial charge in [-0.25, -0.2) is 8.42 Å². The molecule has 134 valence electrons. The fraction of sp³-hybridized carbons (Fsp3) is 0.688. The molecule has 24 heavy (non-hydrogen) atoms. The van der Waals surface area contributed by atoms with Gasteiger partial charge in [-0.3, -0.25) is 9.89 Å². The molecule has 0 spiro atoms. The topological polar surface area (TPSA) is 73.8 Å². The zero-order valence-electron chi connectivity index (χ0n) is 14.1. The highest BCUT2D eigenvalue weighted by atomic mass is 32.2. The van der Waals surface area contributed by atoms with E-state index in [1.807, 2.05) is 0 Å². The van der Waals surface area contributed by atoms with Gasteiger partial charge in [-0.1, -0.05) is 6.07 Å². The van der Waals surface area contributed by atoms with Gasteiger partial charge in [0, 0.05) is 24.5 Å². The normalized spacial score (nSPS) is 25.7. The van der Waals surface area contributed by atoms with Crippen LogP contribution in [0.4, 0.5) is 0 Å². The van der Waals surface area contributed by atoms with Crippen molar-refractivity contribution in [3.8, 4) is 0 Å². The molecule has 2 unspecified atom stereocenters. The molecule has 0 aromatic carbocycles. The smallest absolute Gasteiger partial charge is 0.191 e. The zero-order chi connectivity index (χ0) is 17.0. The first kappa shape index (κ1) is 17.7. The summed E-state index contributed by atoms with van der Waals surface area (Å²) in [5, 5.41) is 8.77. The maximum Gasteiger partial charge on any atom is 0.191 e. The molecule has 8 heteroatoms. The van der Waals surface area contributed by atoms with E-state index in [9.17, 15) is 8.42 Å². The van der Waals surface area contributed by atoms with Crippen LogP contribution in [0.1, 0.15) is 30.2 Å². The van der Waals surface area contributed by atoms with Gasteiger partial charge in [0.25, 0.3) is 0 Å². The Balaban J connectivity index is 1.58. The van der Waals surface area contributed by atoms with Gasteiger partial charge in [0.1, 0.15) is 0 Å². The standard InChI is InChI=1S/C16H26N4O2S2/c1-17-16(19-13-6-10-24(21,22)12-13)18-11-14(15-5-4-9-23-15)20-7-2-3-8-20/h4-5,9,13-14H,2-3,6-8,10-12H2,1H3,(H2,17,18,19). The molecule has 0 aliphatic carbocycles. The third-order valence-corrected chi connectivity index (χ3v) is 7.45. The Hall–Kier alpha value is -1.12. The van der Waals surface area contributed by atoms with Crippen molar-refractivity contribution < 1.29 is 8.42 Å². The van der Waals surface area contributed by atoms with Crippen LogP contribution in [0, 0.1) is 0 Å². The molecule has 2 N–H and O–H groups in total. The molecule has 0 radical (unpaired) electrons. The number of hydrogen-bond acceptors (Lipinski definition) is 5. The Kier molecular flexibility index (Phi) is 5.78. The Morgan fingerprint density at radius 3 is 2.83 bits per heavy atom. The van der Waals surface area contributed by atoms with Crippen molar-refractivity contribution in [2.24, 2.45) is 4.99 Å². The molecule has 0 amide bonds. The predicted octanol–water partition coefficient (Wildman–Crippen LogP) is 1.24. The average molecular weight is 371 g/mol. The summed E-state index contributed by atoms with van der Waals surface area (Å²) >= 11 is 1.79. The lowest BCUT2D eigenvalue weighted by Crippen LogP contribution is -2.46. The number of thiophene rings is 1. The van der Waals surface area contributed by atoms with Crippen LogP contribution in [0.2, 0.25) is 0 Å². The van der Waals surface area contributed by atoms with Crippen LogP contribution >= 0.6 is 11.3 Å². The van der Waals surface area contributed by atoms with E-state index in [4.69, 9.17) is 0 Å². The number of sulfone groups is 1. The molecular weight excluding hydrogens is 344 g/mol. The minimum atomic E-state index is -2.88. The van der Waals surface area contributed by atoms with Gasteiger partial charge in [-0.2, -0.15) is 0 Å². The number of nitrogens with zero attached hydrogens (tertiary/aromatic N) is 2. The summed E-state index contributed by atoms with van der Waals surface area (Å²) in [6.45, 7) is 3.05. The highest BCUT2D eigenvalue weighted by Gasteiger charge is 2.29. The first-order chi connectivity index (χ1) is 11.6. The number of rotatable bonds is 5. The molecule has 2 fully saturated rings. The average Bonchev–Trinajstić information content (AvgIpc) is 3.29. The summed E-state index contributed by atoms with van der Waals surface area (Å²) in [6, 6.07) is 4.60. The fourth-order valence-electron chi connectivity index (χ4n) is 3.43. The van der Waals surface area contributed by atoms with E-state index in [0.29, 0.717) is 18.4 Å². The van der Waals surface area contributed by atoms with Gasteiger partial charge in [0.2, 0.25) is 0 Å². The minimum Gasteiger partial charge on any atom is -0.354 e. The first-order valence-electron chi connectivity index (χ1n) is 8.52. The lowest BCUT2D eigenvalue weighted by molar-refractivity contribution is 0.249. The number of guanidine groups is 1. The number of aliphatic imine (C=N–C) groups is 1. The van der Waals surface area contributed by atoms with Crippen molar-refractivity contribution >= 4 is 27.1 Å². The van der Waals surface area contributed by atoms with Crippen molar-refractivity contribution in [3.05, 3.63) is 22.4 Å². The summed E-state index contributed by atoms with van der Waals surface area (Å²) in [5.74, 6) is 1.17. The van der Waals surface area contributed by atoms with Crippen molar-refractivity contribution in [2.75, 3.05) is 38.2 Å².